The molecule has 0 atom stereocenters. The van der Waals surface area contributed by atoms with Crippen LogP contribution in [-0.2, 0) is 14.8 Å². The maximum atomic E-state index is 13.0. The number of carbonyl (C=O) groups excluding carboxylic acids is 1. The fourth-order valence-corrected chi connectivity index (χ4v) is 5.49. The molecule has 1 N–H and O–H groups in total. The molecular weight excluding hydrogens is 474 g/mol. The van der Waals surface area contributed by atoms with Crippen LogP contribution in [-0.4, -0.2) is 36.6 Å². The van der Waals surface area contributed by atoms with E-state index in [-0.39, 0.29) is 35.5 Å². The van der Waals surface area contributed by atoms with Crippen molar-refractivity contribution in [2.24, 2.45) is 5.92 Å². The summed E-state index contributed by atoms with van der Waals surface area (Å²) in [7, 11) is -3.88. The summed E-state index contributed by atoms with van der Waals surface area (Å²) in [6.45, 7) is 3.92. The molecule has 1 saturated heterocycles. The van der Waals surface area contributed by atoms with Crippen molar-refractivity contribution in [1.29, 1.82) is 0 Å². The number of hydrogen-bond donors (Lipinski definition) is 1. The second kappa shape index (κ2) is 8.83. The van der Waals surface area contributed by atoms with Crippen LogP contribution >= 0.6 is 15.9 Å². The van der Waals surface area contributed by atoms with Crippen LogP contribution in [0.1, 0.15) is 24.0 Å². The Kier molecular flexibility index (Phi) is 6.59. The summed E-state index contributed by atoms with van der Waals surface area (Å²) in [6, 6.07) is 9.37. The molecular formula is C20H22BrN3O5S. The van der Waals surface area contributed by atoms with Gasteiger partial charge in [-0.05, 0) is 49.9 Å². The molecule has 160 valence electrons. The number of amides is 1. The van der Waals surface area contributed by atoms with Gasteiger partial charge in [-0.15, -0.1) is 0 Å². The lowest BCUT2D eigenvalue weighted by atomic mass is 9.97. The molecule has 1 aliphatic heterocycles. The lowest BCUT2D eigenvalue weighted by Gasteiger charge is -2.31. The molecule has 2 aromatic carbocycles. The van der Waals surface area contributed by atoms with Crippen LogP contribution in [0.3, 0.4) is 0 Å². The highest BCUT2D eigenvalue weighted by molar-refractivity contribution is 9.10. The van der Waals surface area contributed by atoms with Gasteiger partial charge in [-0.1, -0.05) is 28.1 Å². The van der Waals surface area contributed by atoms with E-state index in [4.69, 9.17) is 0 Å². The number of anilines is 1. The maximum absolute atomic E-state index is 13.0. The number of piperidine rings is 1. The van der Waals surface area contributed by atoms with Crippen molar-refractivity contribution in [3.63, 3.8) is 0 Å². The molecule has 2 aromatic rings. The Balaban J connectivity index is 1.68. The Morgan fingerprint density at radius 3 is 2.37 bits per heavy atom. The van der Waals surface area contributed by atoms with Gasteiger partial charge in [-0.25, -0.2) is 8.42 Å². The number of hydrogen-bond acceptors (Lipinski definition) is 5. The molecule has 30 heavy (non-hydrogen) atoms. The topological polar surface area (TPSA) is 110 Å². The summed E-state index contributed by atoms with van der Waals surface area (Å²) < 4.78 is 28.2. The Hall–Kier alpha value is -2.30. The summed E-state index contributed by atoms with van der Waals surface area (Å²) >= 11 is 3.44. The van der Waals surface area contributed by atoms with Crippen LogP contribution in [0.15, 0.2) is 45.8 Å². The third-order valence-electron chi connectivity index (χ3n) is 5.26. The van der Waals surface area contributed by atoms with Gasteiger partial charge in [0.15, 0.2) is 0 Å². The van der Waals surface area contributed by atoms with Crippen molar-refractivity contribution < 1.29 is 18.1 Å². The third-order valence-corrected chi connectivity index (χ3v) is 8.16. The van der Waals surface area contributed by atoms with Gasteiger partial charge in [-0.3, -0.25) is 14.9 Å². The molecule has 1 fully saturated rings. The highest BCUT2D eigenvalue weighted by Crippen LogP contribution is 2.29. The van der Waals surface area contributed by atoms with Crippen LogP contribution in [0.4, 0.5) is 11.4 Å². The minimum atomic E-state index is -3.88. The number of aryl methyl sites for hydroxylation is 2. The van der Waals surface area contributed by atoms with Crippen molar-refractivity contribution in [1.82, 2.24) is 4.31 Å². The summed E-state index contributed by atoms with van der Waals surface area (Å²) in [5, 5.41) is 13.9. The van der Waals surface area contributed by atoms with Gasteiger partial charge in [0.2, 0.25) is 15.9 Å². The van der Waals surface area contributed by atoms with E-state index < -0.39 is 14.9 Å². The fourth-order valence-electron chi connectivity index (χ4n) is 3.39. The number of nitrogens with one attached hydrogen (secondary N) is 1. The highest BCUT2D eigenvalue weighted by Gasteiger charge is 2.33. The van der Waals surface area contributed by atoms with Crippen LogP contribution in [0, 0.1) is 29.9 Å². The van der Waals surface area contributed by atoms with Gasteiger partial charge in [0.05, 0.1) is 9.82 Å². The van der Waals surface area contributed by atoms with E-state index in [0.29, 0.717) is 24.1 Å². The number of benzene rings is 2. The van der Waals surface area contributed by atoms with E-state index in [1.165, 1.54) is 16.4 Å². The number of nitro groups is 1. The standard InChI is InChI=1S/C20H22BrN3O5S/c1-13-3-5-16(11-18(13)21)22-20(25)15-7-9-23(10-8-15)30(28,29)19-12-17(24(26)27)6-4-14(19)2/h3-6,11-12,15H,7-10H2,1-2H3,(H,22,25). The Bertz CT molecular complexity index is 1100. The first-order chi connectivity index (χ1) is 14.1. The normalized spacial score (nSPS) is 15.7. The summed E-state index contributed by atoms with van der Waals surface area (Å²) in [4.78, 5) is 22.9. The summed E-state index contributed by atoms with van der Waals surface area (Å²) in [5.74, 6) is -0.447. The van der Waals surface area contributed by atoms with E-state index >= 15 is 0 Å². The largest absolute Gasteiger partial charge is 0.326 e. The lowest BCUT2D eigenvalue weighted by Crippen LogP contribution is -2.41. The van der Waals surface area contributed by atoms with Gasteiger partial charge in [-0.2, -0.15) is 4.31 Å². The van der Waals surface area contributed by atoms with Crippen molar-refractivity contribution >= 4 is 43.2 Å². The predicted octanol–water partition coefficient (Wildman–Crippen LogP) is 4.01. The van der Waals surface area contributed by atoms with Crippen LogP contribution < -0.4 is 5.32 Å². The number of halogens is 1. The maximum Gasteiger partial charge on any atom is 0.270 e. The van der Waals surface area contributed by atoms with E-state index in [2.05, 4.69) is 21.2 Å². The van der Waals surface area contributed by atoms with Crippen molar-refractivity contribution in [3.8, 4) is 0 Å². The van der Waals surface area contributed by atoms with Crippen molar-refractivity contribution in [2.75, 3.05) is 18.4 Å². The summed E-state index contributed by atoms with van der Waals surface area (Å²) in [6.07, 6.45) is 0.762. The zero-order valence-electron chi connectivity index (χ0n) is 16.6. The summed E-state index contributed by atoms with van der Waals surface area (Å²) in [5.41, 5.74) is 1.92. The van der Waals surface area contributed by atoms with Crippen molar-refractivity contribution in [3.05, 3.63) is 62.1 Å². The number of non-ortho nitro benzene ring substituents is 1. The molecule has 0 spiro atoms. The lowest BCUT2D eigenvalue weighted by molar-refractivity contribution is -0.385. The molecule has 1 aliphatic rings. The van der Waals surface area contributed by atoms with E-state index in [1.54, 1.807) is 6.92 Å². The number of sulfonamides is 1. The predicted molar refractivity (Wildman–Crippen MR) is 117 cm³/mol. The monoisotopic (exact) mass is 495 g/mol. The number of carbonyl (C=O) groups is 1. The molecule has 0 radical (unpaired) electrons. The second-order valence-electron chi connectivity index (χ2n) is 7.34. The first-order valence-electron chi connectivity index (χ1n) is 9.42. The second-order valence-corrected chi connectivity index (χ2v) is 10.1. The Labute approximate surface area is 183 Å². The highest BCUT2D eigenvalue weighted by atomic mass is 79.9. The van der Waals surface area contributed by atoms with Gasteiger partial charge >= 0.3 is 0 Å². The van der Waals surface area contributed by atoms with Crippen LogP contribution in [0.2, 0.25) is 0 Å². The average molecular weight is 496 g/mol. The molecule has 1 amide bonds. The van der Waals surface area contributed by atoms with Gasteiger partial charge < -0.3 is 5.32 Å². The minimum absolute atomic E-state index is 0.0656. The zero-order chi connectivity index (χ0) is 22.1. The molecule has 0 unspecified atom stereocenters. The zero-order valence-corrected chi connectivity index (χ0v) is 19.0. The van der Waals surface area contributed by atoms with E-state index in [1.807, 2.05) is 25.1 Å². The van der Waals surface area contributed by atoms with Gasteiger partial charge in [0, 0.05) is 41.3 Å². The van der Waals surface area contributed by atoms with Crippen LogP contribution in [0.25, 0.3) is 0 Å². The molecule has 3 rings (SSSR count). The quantitative estimate of drug-likeness (QED) is 0.497. The molecule has 0 aliphatic carbocycles. The number of nitrogens with zero attached hydrogens (tertiary/aromatic N) is 2. The van der Waals surface area contributed by atoms with Gasteiger partial charge in [0.25, 0.3) is 5.69 Å². The first-order valence-corrected chi connectivity index (χ1v) is 11.6. The molecule has 10 heteroatoms. The van der Waals surface area contributed by atoms with E-state index in [0.717, 1.165) is 16.1 Å². The van der Waals surface area contributed by atoms with Crippen LogP contribution in [0.5, 0.6) is 0 Å². The van der Waals surface area contributed by atoms with Gasteiger partial charge in [0.1, 0.15) is 0 Å². The third kappa shape index (κ3) is 4.71. The molecule has 0 aromatic heterocycles. The molecule has 8 nitrogen and oxygen atoms in total. The minimum Gasteiger partial charge on any atom is -0.326 e. The first kappa shape index (κ1) is 22.4. The van der Waals surface area contributed by atoms with Crippen molar-refractivity contribution in [2.45, 2.75) is 31.6 Å². The van der Waals surface area contributed by atoms with E-state index in [9.17, 15) is 23.3 Å². The SMILES string of the molecule is Cc1ccc(NC(=O)C2CCN(S(=O)(=O)c3cc([N+](=O)[O-])ccc3C)CC2)cc1Br. The average Bonchev–Trinajstić information content (AvgIpc) is 2.70. The molecule has 0 bridgehead atoms. The Morgan fingerprint density at radius 2 is 1.77 bits per heavy atom. The molecule has 1 heterocycles. The smallest absolute Gasteiger partial charge is 0.270 e. The fraction of sp³-hybridized carbons (Fsp3) is 0.350. The number of rotatable bonds is 5. The molecule has 0 saturated carbocycles. The number of nitro benzene ring substituents is 1. The Morgan fingerprint density at radius 1 is 1.13 bits per heavy atom.